The third kappa shape index (κ3) is 3.90. The van der Waals surface area contributed by atoms with Crippen LogP contribution in [-0.2, 0) is 0 Å². The molecule has 1 heterocycles. The van der Waals surface area contributed by atoms with Crippen LogP contribution in [0.3, 0.4) is 0 Å². The van der Waals surface area contributed by atoms with Gasteiger partial charge >= 0.3 is 0 Å². The first kappa shape index (κ1) is 9.99. The summed E-state index contributed by atoms with van der Waals surface area (Å²) in [7, 11) is 2.12. The number of hydrogen-bond donors (Lipinski definition) is 1. The Morgan fingerprint density at radius 3 is 2.69 bits per heavy atom. The highest BCUT2D eigenvalue weighted by molar-refractivity contribution is 5.40. The van der Waals surface area contributed by atoms with Crippen LogP contribution in [0, 0.1) is 0 Å². The molecule has 1 N–H and O–H groups in total. The van der Waals surface area contributed by atoms with E-state index < -0.39 is 0 Å². The molecule has 0 bridgehead atoms. The van der Waals surface area contributed by atoms with Gasteiger partial charge in [0.2, 0.25) is 0 Å². The first-order chi connectivity index (χ1) is 6.33. The van der Waals surface area contributed by atoms with Crippen molar-refractivity contribution in [2.75, 3.05) is 32.0 Å². The number of pyridine rings is 1. The lowest BCUT2D eigenvalue weighted by Crippen LogP contribution is -2.24. The van der Waals surface area contributed by atoms with Gasteiger partial charge in [-0.05, 0) is 25.7 Å². The molecule has 0 atom stereocenters. The molecule has 3 heteroatoms. The molecule has 0 aliphatic carbocycles. The minimum atomic E-state index is 0.981. The maximum Gasteiger partial charge on any atom is 0.0371 e. The lowest BCUT2D eigenvalue weighted by atomic mass is 10.4. The van der Waals surface area contributed by atoms with Crippen molar-refractivity contribution in [1.29, 1.82) is 0 Å². The lowest BCUT2D eigenvalue weighted by molar-refractivity contribution is 0.367. The van der Waals surface area contributed by atoms with Gasteiger partial charge in [-0.2, -0.15) is 0 Å². The van der Waals surface area contributed by atoms with Crippen molar-refractivity contribution in [3.05, 3.63) is 24.5 Å². The molecular formula is C10H17N3. The molecule has 0 fully saturated rings. The summed E-state index contributed by atoms with van der Waals surface area (Å²) in [6, 6.07) is 3.96. The highest BCUT2D eigenvalue weighted by Crippen LogP contribution is 2.01. The van der Waals surface area contributed by atoms with Crippen LogP contribution in [-0.4, -0.2) is 36.6 Å². The summed E-state index contributed by atoms with van der Waals surface area (Å²) >= 11 is 0. The average molecular weight is 179 g/mol. The Labute approximate surface area is 79.8 Å². The van der Waals surface area contributed by atoms with Crippen LogP contribution in [0.5, 0.6) is 0 Å². The average Bonchev–Trinajstić information content (AvgIpc) is 2.19. The second-order valence-corrected chi connectivity index (χ2v) is 3.06. The van der Waals surface area contributed by atoms with Gasteiger partial charge in [0, 0.05) is 31.2 Å². The first-order valence-corrected chi connectivity index (χ1v) is 4.65. The number of rotatable bonds is 5. The number of likely N-dealkylation sites (N-methyl/N-ethyl adjacent to an activating group) is 1. The molecule has 0 spiro atoms. The molecule has 13 heavy (non-hydrogen) atoms. The van der Waals surface area contributed by atoms with E-state index in [-0.39, 0.29) is 0 Å². The zero-order valence-corrected chi connectivity index (χ0v) is 8.33. The minimum absolute atomic E-state index is 0.981. The molecule has 0 aliphatic rings. The Bertz CT molecular complexity index is 223. The van der Waals surface area contributed by atoms with Crippen molar-refractivity contribution >= 4 is 5.69 Å². The van der Waals surface area contributed by atoms with Gasteiger partial charge in [0.05, 0.1) is 0 Å². The molecular weight excluding hydrogens is 162 g/mol. The van der Waals surface area contributed by atoms with Gasteiger partial charge in [-0.3, -0.25) is 4.98 Å². The number of nitrogens with zero attached hydrogens (tertiary/aromatic N) is 2. The van der Waals surface area contributed by atoms with Gasteiger partial charge in [-0.1, -0.05) is 6.92 Å². The van der Waals surface area contributed by atoms with Crippen molar-refractivity contribution in [3.8, 4) is 0 Å². The Morgan fingerprint density at radius 2 is 2.08 bits per heavy atom. The predicted octanol–water partition coefficient (Wildman–Crippen LogP) is 1.45. The Kier molecular flexibility index (Phi) is 4.26. The summed E-state index contributed by atoms with van der Waals surface area (Å²) in [5, 5.41) is 3.33. The van der Waals surface area contributed by atoms with E-state index in [0.29, 0.717) is 0 Å². The number of anilines is 1. The normalized spacial score (nSPS) is 10.4. The third-order valence-corrected chi connectivity index (χ3v) is 2.04. The Balaban J connectivity index is 2.20. The predicted molar refractivity (Wildman–Crippen MR) is 55.9 cm³/mol. The standard InChI is InChI=1S/C10H17N3/c1-3-13(2)9-8-12-10-4-6-11-7-5-10/h4-7H,3,8-9H2,1-2H3,(H,11,12). The highest BCUT2D eigenvalue weighted by Gasteiger charge is 1.93. The molecule has 0 aliphatic heterocycles. The van der Waals surface area contributed by atoms with E-state index in [1.165, 1.54) is 0 Å². The van der Waals surface area contributed by atoms with Gasteiger partial charge < -0.3 is 10.2 Å². The quantitative estimate of drug-likeness (QED) is 0.741. The zero-order chi connectivity index (χ0) is 9.52. The van der Waals surface area contributed by atoms with Gasteiger partial charge in [0.25, 0.3) is 0 Å². The summed E-state index contributed by atoms with van der Waals surface area (Å²) < 4.78 is 0. The largest absolute Gasteiger partial charge is 0.384 e. The zero-order valence-electron chi connectivity index (χ0n) is 8.33. The second kappa shape index (κ2) is 5.54. The van der Waals surface area contributed by atoms with E-state index in [0.717, 1.165) is 25.3 Å². The molecule has 0 radical (unpaired) electrons. The van der Waals surface area contributed by atoms with Crippen LogP contribution in [0.2, 0.25) is 0 Å². The van der Waals surface area contributed by atoms with Gasteiger partial charge in [0.1, 0.15) is 0 Å². The van der Waals surface area contributed by atoms with E-state index in [9.17, 15) is 0 Å². The van der Waals surface area contributed by atoms with Crippen molar-refractivity contribution in [3.63, 3.8) is 0 Å². The molecule has 0 saturated heterocycles. The summed E-state index contributed by atoms with van der Waals surface area (Å²) in [6.07, 6.45) is 3.59. The molecule has 0 unspecified atom stereocenters. The molecule has 1 rings (SSSR count). The van der Waals surface area contributed by atoms with Crippen molar-refractivity contribution in [1.82, 2.24) is 9.88 Å². The highest BCUT2D eigenvalue weighted by atomic mass is 15.1. The SMILES string of the molecule is CCN(C)CCNc1ccncc1. The smallest absolute Gasteiger partial charge is 0.0371 e. The fraction of sp³-hybridized carbons (Fsp3) is 0.500. The molecule has 0 aromatic carbocycles. The molecule has 1 aromatic heterocycles. The van der Waals surface area contributed by atoms with Crippen molar-refractivity contribution < 1.29 is 0 Å². The fourth-order valence-corrected chi connectivity index (χ4v) is 1.02. The monoisotopic (exact) mass is 179 g/mol. The summed E-state index contributed by atoms with van der Waals surface area (Å²) in [4.78, 5) is 6.23. The first-order valence-electron chi connectivity index (χ1n) is 4.65. The topological polar surface area (TPSA) is 28.2 Å². The number of hydrogen-bond acceptors (Lipinski definition) is 3. The van der Waals surface area contributed by atoms with Crippen LogP contribution < -0.4 is 5.32 Å². The Hall–Kier alpha value is -1.09. The summed E-state index contributed by atoms with van der Waals surface area (Å²) in [6.45, 7) is 5.30. The van der Waals surface area contributed by atoms with E-state index in [1.807, 2.05) is 12.1 Å². The molecule has 0 amide bonds. The van der Waals surface area contributed by atoms with Crippen molar-refractivity contribution in [2.45, 2.75) is 6.92 Å². The van der Waals surface area contributed by atoms with E-state index in [1.54, 1.807) is 12.4 Å². The summed E-state index contributed by atoms with van der Waals surface area (Å²) in [5.74, 6) is 0. The maximum absolute atomic E-state index is 3.95. The minimum Gasteiger partial charge on any atom is -0.384 e. The molecule has 0 saturated carbocycles. The van der Waals surface area contributed by atoms with E-state index in [4.69, 9.17) is 0 Å². The summed E-state index contributed by atoms with van der Waals surface area (Å²) in [5.41, 5.74) is 1.14. The molecule has 72 valence electrons. The van der Waals surface area contributed by atoms with Crippen molar-refractivity contribution in [2.24, 2.45) is 0 Å². The number of nitrogens with one attached hydrogen (secondary N) is 1. The second-order valence-electron chi connectivity index (χ2n) is 3.06. The lowest BCUT2D eigenvalue weighted by Gasteiger charge is -2.14. The third-order valence-electron chi connectivity index (χ3n) is 2.04. The van der Waals surface area contributed by atoms with E-state index in [2.05, 4.69) is 29.2 Å². The van der Waals surface area contributed by atoms with Gasteiger partial charge in [0.15, 0.2) is 0 Å². The maximum atomic E-state index is 3.95. The van der Waals surface area contributed by atoms with Crippen LogP contribution in [0.4, 0.5) is 5.69 Å². The van der Waals surface area contributed by atoms with Crippen LogP contribution >= 0.6 is 0 Å². The van der Waals surface area contributed by atoms with Gasteiger partial charge in [-0.25, -0.2) is 0 Å². The fourth-order valence-electron chi connectivity index (χ4n) is 1.02. The number of aromatic nitrogens is 1. The van der Waals surface area contributed by atoms with Crippen LogP contribution in [0.15, 0.2) is 24.5 Å². The van der Waals surface area contributed by atoms with E-state index >= 15 is 0 Å². The van der Waals surface area contributed by atoms with Crippen LogP contribution in [0.25, 0.3) is 0 Å². The Morgan fingerprint density at radius 1 is 1.38 bits per heavy atom. The molecule has 1 aromatic rings. The van der Waals surface area contributed by atoms with Gasteiger partial charge in [-0.15, -0.1) is 0 Å². The molecule has 3 nitrogen and oxygen atoms in total. The van der Waals surface area contributed by atoms with Crippen LogP contribution in [0.1, 0.15) is 6.92 Å².